The number of benzene rings is 1. The average molecular weight is 437 g/mol. The Morgan fingerprint density at radius 2 is 1.77 bits per heavy atom. The van der Waals surface area contributed by atoms with Gasteiger partial charge in [0, 0.05) is 31.3 Å². The van der Waals surface area contributed by atoms with Gasteiger partial charge in [-0.1, -0.05) is 30.5 Å². The summed E-state index contributed by atoms with van der Waals surface area (Å²) in [5.74, 6) is 0.514. The van der Waals surface area contributed by atoms with Gasteiger partial charge >= 0.3 is 6.09 Å². The molecule has 1 saturated carbocycles. The fourth-order valence-electron chi connectivity index (χ4n) is 3.82. The fraction of sp³-hybridized carbons (Fsp3) is 0.625. The van der Waals surface area contributed by atoms with E-state index in [1.165, 1.54) is 19.3 Å². The van der Waals surface area contributed by atoms with Crippen molar-refractivity contribution in [3.05, 3.63) is 41.9 Å². The van der Waals surface area contributed by atoms with E-state index in [0.29, 0.717) is 16.9 Å². The number of amides is 1. The van der Waals surface area contributed by atoms with E-state index < -0.39 is 0 Å². The molecule has 0 saturated heterocycles. The van der Waals surface area contributed by atoms with E-state index in [1.54, 1.807) is 29.2 Å². The predicted octanol–water partition coefficient (Wildman–Crippen LogP) is 5.78. The molecule has 0 bridgehead atoms. The summed E-state index contributed by atoms with van der Waals surface area (Å²) in [6.45, 7) is 6.70. The first kappa shape index (κ1) is 24.7. The van der Waals surface area contributed by atoms with Crippen LogP contribution in [0.4, 0.5) is 4.79 Å². The number of hydrogen-bond donors (Lipinski definition) is 0. The third-order valence-corrected chi connectivity index (χ3v) is 5.98. The number of likely N-dealkylation sites (N-methyl/N-ethyl adjacent to an activating group) is 1. The minimum Gasteiger partial charge on any atom is -0.410 e. The molecule has 0 unspecified atom stereocenters. The van der Waals surface area contributed by atoms with E-state index in [9.17, 15) is 4.79 Å². The molecular formula is C24H37ClN2O3. The highest BCUT2D eigenvalue weighted by atomic mass is 35.5. The molecule has 2 rings (SSSR count). The lowest BCUT2D eigenvalue weighted by Crippen LogP contribution is -2.42. The molecule has 30 heavy (non-hydrogen) atoms. The predicted molar refractivity (Wildman–Crippen MR) is 123 cm³/mol. The second-order valence-electron chi connectivity index (χ2n) is 8.20. The summed E-state index contributed by atoms with van der Waals surface area (Å²) in [6, 6.07) is 7.05. The standard InChI is InChI=1S/C24H37ClN2O3/c1-4-17-26(2)18-7-5-6-8-19-29-22-15-11-21(12-16-22)27(3)24(28)30-23-13-9-20(25)10-14-23/h4,9-10,13-14,21-22H,1,5-8,11-12,15-19H2,2-3H3/t21-,22-. The lowest BCUT2D eigenvalue weighted by atomic mass is 9.92. The van der Waals surface area contributed by atoms with E-state index >= 15 is 0 Å². The maximum atomic E-state index is 12.4. The van der Waals surface area contributed by atoms with Crippen LogP contribution in [0.3, 0.4) is 0 Å². The number of rotatable bonds is 12. The number of carbonyl (C=O) groups excluding carboxylic acids is 1. The van der Waals surface area contributed by atoms with Crippen LogP contribution in [-0.2, 0) is 4.74 Å². The zero-order chi connectivity index (χ0) is 21.8. The summed E-state index contributed by atoms with van der Waals surface area (Å²) in [5, 5.41) is 0.623. The van der Waals surface area contributed by atoms with Gasteiger partial charge in [0.05, 0.1) is 6.10 Å². The molecule has 0 atom stereocenters. The number of carbonyl (C=O) groups is 1. The molecule has 6 heteroatoms. The smallest absolute Gasteiger partial charge is 0.410 e. The zero-order valence-electron chi connectivity index (χ0n) is 18.5. The van der Waals surface area contributed by atoms with E-state index in [2.05, 4.69) is 18.5 Å². The highest BCUT2D eigenvalue weighted by molar-refractivity contribution is 6.30. The Bertz CT molecular complexity index is 630. The zero-order valence-corrected chi connectivity index (χ0v) is 19.3. The van der Waals surface area contributed by atoms with Crippen LogP contribution >= 0.6 is 11.6 Å². The highest BCUT2D eigenvalue weighted by Gasteiger charge is 2.27. The van der Waals surface area contributed by atoms with Crippen LogP contribution < -0.4 is 4.74 Å². The first-order chi connectivity index (χ1) is 14.5. The first-order valence-corrected chi connectivity index (χ1v) is 11.5. The Morgan fingerprint density at radius 3 is 2.43 bits per heavy atom. The Balaban J connectivity index is 1.55. The van der Waals surface area contributed by atoms with Crippen molar-refractivity contribution in [2.45, 2.75) is 63.5 Å². The van der Waals surface area contributed by atoms with Gasteiger partial charge < -0.3 is 19.3 Å². The van der Waals surface area contributed by atoms with Crippen LogP contribution in [-0.4, -0.2) is 61.8 Å². The van der Waals surface area contributed by atoms with Crippen LogP contribution in [0.2, 0.25) is 5.02 Å². The normalized spacial score (nSPS) is 18.9. The Hall–Kier alpha value is -1.56. The van der Waals surface area contributed by atoms with Gasteiger partial charge in [-0.15, -0.1) is 6.58 Å². The van der Waals surface area contributed by atoms with Crippen molar-refractivity contribution in [3.63, 3.8) is 0 Å². The number of ether oxygens (including phenoxy) is 2. The first-order valence-electron chi connectivity index (χ1n) is 11.1. The Kier molecular flexibility index (Phi) is 11.3. The quantitative estimate of drug-likeness (QED) is 0.308. The summed E-state index contributed by atoms with van der Waals surface area (Å²) in [4.78, 5) is 16.4. The van der Waals surface area contributed by atoms with Gasteiger partial charge in [0.25, 0.3) is 0 Å². The van der Waals surface area contributed by atoms with Crippen LogP contribution in [0.1, 0.15) is 51.4 Å². The van der Waals surface area contributed by atoms with Crippen molar-refractivity contribution in [1.82, 2.24) is 9.80 Å². The SMILES string of the molecule is C=CCN(C)CCCCCCO[C@H]1CC[C@H](N(C)C(=O)Oc2ccc(Cl)cc2)CC1. The molecule has 1 amide bonds. The molecule has 1 aliphatic carbocycles. The summed E-state index contributed by atoms with van der Waals surface area (Å²) >= 11 is 5.87. The van der Waals surface area contributed by atoms with Crippen LogP contribution in [0.5, 0.6) is 5.75 Å². The van der Waals surface area contributed by atoms with Gasteiger partial charge in [-0.25, -0.2) is 4.79 Å². The highest BCUT2D eigenvalue weighted by Crippen LogP contribution is 2.26. The van der Waals surface area contributed by atoms with E-state index in [-0.39, 0.29) is 12.1 Å². The van der Waals surface area contributed by atoms with E-state index in [1.807, 2.05) is 13.1 Å². The lowest BCUT2D eigenvalue weighted by molar-refractivity contribution is 0.0104. The number of hydrogen-bond acceptors (Lipinski definition) is 4. The van der Waals surface area contributed by atoms with Crippen molar-refractivity contribution < 1.29 is 14.3 Å². The maximum Gasteiger partial charge on any atom is 0.415 e. The molecule has 1 fully saturated rings. The molecule has 0 spiro atoms. The topological polar surface area (TPSA) is 42.0 Å². The molecule has 0 radical (unpaired) electrons. The number of unbranched alkanes of at least 4 members (excludes halogenated alkanes) is 3. The minimum atomic E-state index is -0.319. The van der Waals surface area contributed by atoms with Gasteiger partial charge in [0.15, 0.2) is 0 Å². The van der Waals surface area contributed by atoms with Gasteiger partial charge in [0.1, 0.15) is 5.75 Å². The third-order valence-electron chi connectivity index (χ3n) is 5.73. The molecule has 0 aliphatic heterocycles. The monoisotopic (exact) mass is 436 g/mol. The summed E-state index contributed by atoms with van der Waals surface area (Å²) in [6.07, 6.45) is 10.7. The van der Waals surface area contributed by atoms with Crippen molar-refractivity contribution in [3.8, 4) is 5.75 Å². The summed E-state index contributed by atoms with van der Waals surface area (Å²) in [5.41, 5.74) is 0. The van der Waals surface area contributed by atoms with Gasteiger partial charge in [-0.2, -0.15) is 0 Å². The molecule has 1 aliphatic rings. The van der Waals surface area contributed by atoms with Crippen molar-refractivity contribution in [2.24, 2.45) is 0 Å². The minimum absolute atomic E-state index is 0.206. The molecule has 1 aromatic rings. The molecule has 0 N–H and O–H groups in total. The van der Waals surface area contributed by atoms with Crippen molar-refractivity contribution in [2.75, 3.05) is 33.8 Å². The second kappa shape index (κ2) is 13.7. The van der Waals surface area contributed by atoms with Gasteiger partial charge in [-0.3, -0.25) is 0 Å². The van der Waals surface area contributed by atoms with Crippen molar-refractivity contribution >= 4 is 17.7 Å². The Morgan fingerprint density at radius 1 is 1.10 bits per heavy atom. The third kappa shape index (κ3) is 9.07. The van der Waals surface area contributed by atoms with Crippen LogP contribution in [0, 0.1) is 0 Å². The van der Waals surface area contributed by atoms with Gasteiger partial charge in [0.2, 0.25) is 0 Å². The fourth-order valence-corrected chi connectivity index (χ4v) is 3.95. The van der Waals surface area contributed by atoms with E-state index in [4.69, 9.17) is 21.1 Å². The summed E-state index contributed by atoms with van der Waals surface area (Å²) < 4.78 is 11.5. The molecule has 0 heterocycles. The summed E-state index contributed by atoms with van der Waals surface area (Å²) in [7, 11) is 3.95. The Labute approximate surface area is 187 Å². The van der Waals surface area contributed by atoms with Gasteiger partial charge in [-0.05, 0) is 76.4 Å². The lowest BCUT2D eigenvalue weighted by Gasteiger charge is -2.34. The van der Waals surface area contributed by atoms with Crippen molar-refractivity contribution in [1.29, 1.82) is 0 Å². The molecule has 168 valence electrons. The molecule has 0 aromatic heterocycles. The van der Waals surface area contributed by atoms with E-state index in [0.717, 1.165) is 51.8 Å². The number of nitrogens with zero attached hydrogens (tertiary/aromatic N) is 2. The molecular weight excluding hydrogens is 400 g/mol. The molecule has 5 nitrogen and oxygen atoms in total. The largest absolute Gasteiger partial charge is 0.415 e. The van der Waals surface area contributed by atoms with Crippen LogP contribution in [0.25, 0.3) is 0 Å². The second-order valence-corrected chi connectivity index (χ2v) is 8.64. The average Bonchev–Trinajstić information content (AvgIpc) is 2.74. The van der Waals surface area contributed by atoms with Crippen LogP contribution in [0.15, 0.2) is 36.9 Å². The maximum absolute atomic E-state index is 12.4. The number of halogens is 1. The molecule has 1 aromatic carbocycles.